The first-order valence-electron chi connectivity index (χ1n) is 8.52. The molecule has 0 aliphatic heterocycles. The van der Waals surface area contributed by atoms with E-state index in [1.165, 1.54) is 32.1 Å². The lowest BCUT2D eigenvalue weighted by Gasteiger charge is -2.16. The third kappa shape index (κ3) is 2.96. The van der Waals surface area contributed by atoms with Gasteiger partial charge in [0.25, 0.3) is 0 Å². The Morgan fingerprint density at radius 1 is 1.21 bits per heavy atom. The summed E-state index contributed by atoms with van der Waals surface area (Å²) in [7, 11) is 1.81. The second-order valence-electron chi connectivity index (χ2n) is 6.25. The van der Waals surface area contributed by atoms with Crippen LogP contribution in [0, 0.1) is 5.92 Å². The van der Waals surface area contributed by atoms with Gasteiger partial charge < -0.3 is 4.42 Å². The van der Waals surface area contributed by atoms with Crippen molar-refractivity contribution in [3.8, 4) is 11.5 Å². The van der Waals surface area contributed by atoms with Gasteiger partial charge in [-0.1, -0.05) is 37.5 Å². The Labute approximate surface area is 145 Å². The first-order valence-corrected chi connectivity index (χ1v) is 9.40. The minimum absolute atomic E-state index is 0.583. The summed E-state index contributed by atoms with van der Waals surface area (Å²) in [6.07, 6.45) is 8.57. The molecule has 1 aromatic carbocycles. The number of benzene rings is 1. The van der Waals surface area contributed by atoms with Gasteiger partial charge in [-0.2, -0.15) is 5.10 Å². The van der Waals surface area contributed by atoms with Crippen LogP contribution in [0.1, 0.15) is 32.1 Å². The second kappa shape index (κ2) is 6.77. The van der Waals surface area contributed by atoms with E-state index in [9.17, 15) is 0 Å². The van der Waals surface area contributed by atoms with Crippen molar-refractivity contribution in [3.05, 3.63) is 40.5 Å². The zero-order valence-corrected chi connectivity index (χ0v) is 14.6. The summed E-state index contributed by atoms with van der Waals surface area (Å²) in [6, 6.07) is 10.1. The number of rotatable bonds is 3. The van der Waals surface area contributed by atoms with Crippen LogP contribution in [-0.2, 0) is 0 Å². The highest BCUT2D eigenvalue weighted by Gasteiger charge is 2.14. The fourth-order valence-electron chi connectivity index (χ4n) is 3.29. The highest BCUT2D eigenvalue weighted by molar-refractivity contribution is 7.07. The van der Waals surface area contributed by atoms with E-state index in [4.69, 9.17) is 9.52 Å². The van der Waals surface area contributed by atoms with Crippen molar-refractivity contribution >= 4 is 28.5 Å². The van der Waals surface area contributed by atoms with Crippen LogP contribution >= 0.6 is 11.3 Å². The van der Waals surface area contributed by atoms with Crippen LogP contribution < -0.4 is 4.80 Å². The molecule has 2 aromatic heterocycles. The zero-order chi connectivity index (χ0) is 16.4. The summed E-state index contributed by atoms with van der Waals surface area (Å²) in [5.41, 5.74) is 1.86. The quantitative estimate of drug-likeness (QED) is 0.625. The number of para-hydroxylation sites is 1. The molecule has 1 aliphatic rings. The lowest BCUT2D eigenvalue weighted by atomic mass is 9.90. The molecule has 24 heavy (non-hydrogen) atoms. The molecule has 0 saturated heterocycles. The van der Waals surface area contributed by atoms with E-state index >= 15 is 0 Å². The van der Waals surface area contributed by atoms with Crippen LogP contribution in [0.2, 0.25) is 0 Å². The van der Waals surface area contributed by atoms with E-state index in [1.54, 1.807) is 18.4 Å². The van der Waals surface area contributed by atoms with Crippen LogP contribution in [0.15, 0.2) is 50.2 Å². The van der Waals surface area contributed by atoms with E-state index in [1.807, 2.05) is 22.9 Å². The molecule has 5 heteroatoms. The molecule has 0 amide bonds. The van der Waals surface area contributed by atoms with Gasteiger partial charge in [-0.25, -0.2) is 4.68 Å². The molecule has 1 saturated carbocycles. The number of aromatic nitrogens is 1. The number of thiazole rings is 1. The van der Waals surface area contributed by atoms with Gasteiger partial charge in [0.1, 0.15) is 11.3 Å². The molecule has 124 valence electrons. The topological polar surface area (TPSA) is 42.8 Å². The van der Waals surface area contributed by atoms with Crippen LogP contribution in [0.4, 0.5) is 0 Å². The average molecular weight is 339 g/mol. The van der Waals surface area contributed by atoms with Gasteiger partial charge in [0, 0.05) is 24.0 Å². The number of furan rings is 1. The molecule has 0 N–H and O–H groups in total. The third-order valence-electron chi connectivity index (χ3n) is 4.60. The van der Waals surface area contributed by atoms with Crippen LogP contribution in [0.5, 0.6) is 0 Å². The first-order chi connectivity index (χ1) is 11.8. The molecule has 0 bridgehead atoms. The molecule has 0 unspecified atom stereocenters. The Hall–Kier alpha value is -2.14. The smallest absolute Gasteiger partial charge is 0.206 e. The summed E-state index contributed by atoms with van der Waals surface area (Å²) in [6.45, 7) is 0. The van der Waals surface area contributed by atoms with Crippen molar-refractivity contribution in [2.75, 3.05) is 7.05 Å². The zero-order valence-electron chi connectivity index (χ0n) is 13.8. The van der Waals surface area contributed by atoms with Crippen molar-refractivity contribution in [3.63, 3.8) is 0 Å². The molecular weight excluding hydrogens is 318 g/mol. The number of hydrogen-bond acceptors (Lipinski definition) is 4. The maximum atomic E-state index is 6.01. The Kier molecular flexibility index (Phi) is 4.34. The van der Waals surface area contributed by atoms with Gasteiger partial charge in [-0.05, 0) is 30.9 Å². The third-order valence-corrected chi connectivity index (χ3v) is 5.50. The van der Waals surface area contributed by atoms with E-state index in [2.05, 4.69) is 28.7 Å². The maximum absolute atomic E-state index is 6.01. The lowest BCUT2D eigenvalue weighted by molar-refractivity contribution is 0.443. The normalized spacial score (nSPS) is 17.3. The average Bonchev–Trinajstić information content (AvgIpc) is 3.24. The van der Waals surface area contributed by atoms with Gasteiger partial charge in [0.05, 0.1) is 0 Å². The van der Waals surface area contributed by atoms with Gasteiger partial charge in [0.15, 0.2) is 5.76 Å². The summed E-state index contributed by atoms with van der Waals surface area (Å²) in [5, 5.41) is 7.93. The molecule has 1 fully saturated rings. The van der Waals surface area contributed by atoms with Gasteiger partial charge >= 0.3 is 0 Å². The van der Waals surface area contributed by atoms with Gasteiger partial charge in [0.2, 0.25) is 4.80 Å². The Bertz CT molecular complexity index is 892. The molecule has 0 atom stereocenters. The molecule has 3 aromatic rings. The lowest BCUT2D eigenvalue weighted by Crippen LogP contribution is -2.14. The standard InChI is InChI=1S/C19H21N3OS/c1-20-19-22(21-12-14-7-3-2-4-8-14)16(13-24-19)18-11-15-9-5-6-10-17(15)23-18/h5-6,9-14H,2-4,7-8H2,1H3. The highest BCUT2D eigenvalue weighted by atomic mass is 32.1. The minimum Gasteiger partial charge on any atom is -0.454 e. The number of hydrogen-bond donors (Lipinski definition) is 0. The van der Waals surface area contributed by atoms with E-state index in [-0.39, 0.29) is 0 Å². The van der Waals surface area contributed by atoms with E-state index < -0.39 is 0 Å². The minimum atomic E-state index is 0.583. The van der Waals surface area contributed by atoms with Gasteiger partial charge in [-0.3, -0.25) is 4.99 Å². The fourth-order valence-corrected chi connectivity index (χ4v) is 4.07. The van der Waals surface area contributed by atoms with Crippen LogP contribution in [0.25, 0.3) is 22.4 Å². The molecule has 4 nitrogen and oxygen atoms in total. The first kappa shape index (κ1) is 15.4. The SMILES string of the molecule is CN=c1scc(-c2cc3ccccc3o2)n1N=CC1CCCCC1. The van der Waals surface area contributed by atoms with Crippen molar-refractivity contribution in [2.45, 2.75) is 32.1 Å². The summed E-state index contributed by atoms with van der Waals surface area (Å²) < 4.78 is 7.93. The predicted molar refractivity (Wildman–Crippen MR) is 99.5 cm³/mol. The van der Waals surface area contributed by atoms with Crippen molar-refractivity contribution in [2.24, 2.45) is 16.0 Å². The molecule has 1 aliphatic carbocycles. The summed E-state index contributed by atoms with van der Waals surface area (Å²) in [4.78, 5) is 5.25. The molecule has 4 rings (SSSR count). The molecular formula is C19H21N3OS. The van der Waals surface area contributed by atoms with Crippen molar-refractivity contribution < 1.29 is 4.42 Å². The summed E-state index contributed by atoms with van der Waals surface area (Å²) >= 11 is 1.59. The van der Waals surface area contributed by atoms with Crippen LogP contribution in [-0.4, -0.2) is 17.9 Å². The molecule has 0 spiro atoms. The highest BCUT2D eigenvalue weighted by Crippen LogP contribution is 2.28. The fraction of sp³-hybridized carbons (Fsp3) is 0.368. The molecule has 0 radical (unpaired) electrons. The predicted octanol–water partition coefficient (Wildman–Crippen LogP) is 4.91. The van der Waals surface area contributed by atoms with E-state index in [0.29, 0.717) is 5.92 Å². The maximum Gasteiger partial charge on any atom is 0.206 e. The van der Waals surface area contributed by atoms with Crippen molar-refractivity contribution in [1.82, 2.24) is 4.68 Å². The van der Waals surface area contributed by atoms with Crippen LogP contribution in [0.3, 0.4) is 0 Å². The number of fused-ring (bicyclic) bond motifs is 1. The van der Waals surface area contributed by atoms with E-state index in [0.717, 1.165) is 27.2 Å². The largest absolute Gasteiger partial charge is 0.454 e. The monoisotopic (exact) mass is 339 g/mol. The Morgan fingerprint density at radius 3 is 2.83 bits per heavy atom. The van der Waals surface area contributed by atoms with Gasteiger partial charge in [-0.15, -0.1) is 11.3 Å². The van der Waals surface area contributed by atoms with Crippen molar-refractivity contribution in [1.29, 1.82) is 0 Å². The molecule has 2 heterocycles. The Balaban J connectivity index is 1.73. The number of nitrogens with zero attached hydrogens (tertiary/aromatic N) is 3. The Morgan fingerprint density at radius 2 is 2.04 bits per heavy atom. The second-order valence-corrected chi connectivity index (χ2v) is 7.09. The summed E-state index contributed by atoms with van der Waals surface area (Å²) in [5.74, 6) is 1.42.